The number of alkyl halides is 3. The lowest BCUT2D eigenvalue weighted by atomic mass is 9.80. The molecule has 3 rings (SSSR count). The Kier molecular flexibility index (Phi) is 6.65. The van der Waals surface area contributed by atoms with Crippen LogP contribution in [-0.2, 0) is 6.18 Å². The Balaban J connectivity index is 2.07. The number of carboxylic acid groups (broad SMARTS) is 1. The first-order chi connectivity index (χ1) is 14.6. The SMILES string of the molecule is CC[C@]1(N)C[C@H](c2ncc(OCCSC)cn2)c2cc(C(F)(F)F)ccc2N1C(=O)O. The van der Waals surface area contributed by atoms with Gasteiger partial charge in [0.1, 0.15) is 11.5 Å². The maximum atomic E-state index is 13.4. The molecular weight excluding hydrogens is 433 g/mol. The second-order valence-electron chi connectivity index (χ2n) is 7.22. The van der Waals surface area contributed by atoms with Gasteiger partial charge in [-0.05, 0) is 42.9 Å². The summed E-state index contributed by atoms with van der Waals surface area (Å²) in [5.74, 6) is 0.776. The van der Waals surface area contributed by atoms with Crippen LogP contribution in [0.5, 0.6) is 5.75 Å². The van der Waals surface area contributed by atoms with Gasteiger partial charge in [-0.3, -0.25) is 4.90 Å². The number of nitrogens with zero attached hydrogens (tertiary/aromatic N) is 3. The molecule has 0 bridgehead atoms. The molecule has 1 aromatic heterocycles. The molecule has 7 nitrogen and oxygen atoms in total. The number of hydrogen-bond donors (Lipinski definition) is 2. The van der Waals surface area contributed by atoms with Crippen LogP contribution in [0.1, 0.15) is 42.6 Å². The van der Waals surface area contributed by atoms with Crippen molar-refractivity contribution in [2.45, 2.75) is 37.5 Å². The molecule has 0 fully saturated rings. The maximum absolute atomic E-state index is 13.4. The summed E-state index contributed by atoms with van der Waals surface area (Å²) in [6.07, 6.45) is -0.740. The summed E-state index contributed by atoms with van der Waals surface area (Å²) in [7, 11) is 0. The third kappa shape index (κ3) is 4.72. The second kappa shape index (κ2) is 8.91. The van der Waals surface area contributed by atoms with E-state index in [9.17, 15) is 23.1 Å². The van der Waals surface area contributed by atoms with Crippen LogP contribution in [0.3, 0.4) is 0 Å². The van der Waals surface area contributed by atoms with Crippen LogP contribution >= 0.6 is 11.8 Å². The Hall–Kier alpha value is -2.53. The van der Waals surface area contributed by atoms with Crippen molar-refractivity contribution in [2.75, 3.05) is 23.5 Å². The standard InChI is InChI=1S/C20H23F3N4O3S/c1-3-19(24)9-15(17-25-10-13(11-26-17)30-6-7-31-2)14-8-12(20(21,22)23)4-5-16(14)27(19)18(28)29/h4-5,8,10-11,15H,3,6-7,9,24H2,1-2H3,(H,28,29)/t15-,19+/m0/s1. The molecule has 0 saturated carbocycles. The molecule has 2 atom stereocenters. The minimum absolute atomic E-state index is 0.0385. The van der Waals surface area contributed by atoms with E-state index in [4.69, 9.17) is 10.5 Å². The van der Waals surface area contributed by atoms with Gasteiger partial charge in [-0.2, -0.15) is 24.9 Å². The number of rotatable bonds is 6. The van der Waals surface area contributed by atoms with Gasteiger partial charge in [0.2, 0.25) is 0 Å². The lowest BCUT2D eigenvalue weighted by Crippen LogP contribution is -2.61. The van der Waals surface area contributed by atoms with Gasteiger partial charge in [0.05, 0.1) is 30.3 Å². The van der Waals surface area contributed by atoms with E-state index in [0.29, 0.717) is 12.4 Å². The fraction of sp³-hybridized carbons (Fsp3) is 0.450. The number of ether oxygens (including phenoxy) is 1. The number of fused-ring (bicyclic) bond motifs is 1. The summed E-state index contributed by atoms with van der Waals surface area (Å²) in [5, 5.41) is 9.75. The van der Waals surface area contributed by atoms with Crippen LogP contribution in [-0.4, -0.2) is 45.4 Å². The smallest absolute Gasteiger partial charge is 0.416 e. The minimum atomic E-state index is -4.58. The van der Waals surface area contributed by atoms with E-state index in [1.807, 2.05) is 6.26 Å². The van der Waals surface area contributed by atoms with E-state index >= 15 is 0 Å². The first-order valence-electron chi connectivity index (χ1n) is 9.57. The summed E-state index contributed by atoms with van der Waals surface area (Å²) in [5.41, 5.74) is 4.50. The molecule has 3 N–H and O–H groups in total. The Bertz CT molecular complexity index is 942. The molecule has 0 unspecified atom stereocenters. The fourth-order valence-corrected chi connectivity index (χ4v) is 3.91. The van der Waals surface area contributed by atoms with Gasteiger partial charge in [-0.25, -0.2) is 14.8 Å². The highest BCUT2D eigenvalue weighted by Crippen LogP contribution is 2.47. The molecule has 0 aliphatic carbocycles. The van der Waals surface area contributed by atoms with E-state index in [1.165, 1.54) is 12.4 Å². The fourth-order valence-electron chi connectivity index (χ4n) is 3.66. The average Bonchev–Trinajstić information content (AvgIpc) is 2.72. The highest BCUT2D eigenvalue weighted by Gasteiger charge is 2.46. The normalized spacial score (nSPS) is 21.0. The number of benzene rings is 1. The van der Waals surface area contributed by atoms with Crippen LogP contribution < -0.4 is 15.4 Å². The molecule has 0 radical (unpaired) electrons. The lowest BCUT2D eigenvalue weighted by molar-refractivity contribution is -0.137. The zero-order valence-electron chi connectivity index (χ0n) is 17.0. The molecule has 1 amide bonds. The van der Waals surface area contributed by atoms with Gasteiger partial charge < -0.3 is 15.6 Å². The van der Waals surface area contributed by atoms with Crippen molar-refractivity contribution in [3.8, 4) is 5.75 Å². The summed E-state index contributed by atoms with van der Waals surface area (Å²) in [6.45, 7) is 2.20. The van der Waals surface area contributed by atoms with Gasteiger partial charge >= 0.3 is 12.3 Å². The average molecular weight is 456 g/mol. The number of amides is 1. The summed E-state index contributed by atoms with van der Waals surface area (Å²) >= 11 is 1.62. The molecule has 0 spiro atoms. The Morgan fingerprint density at radius 2 is 2.06 bits per heavy atom. The van der Waals surface area contributed by atoms with Crippen LogP contribution in [0.4, 0.5) is 23.7 Å². The van der Waals surface area contributed by atoms with Crippen molar-refractivity contribution < 1.29 is 27.8 Å². The topological polar surface area (TPSA) is 102 Å². The van der Waals surface area contributed by atoms with Crippen LogP contribution in [0, 0.1) is 0 Å². The summed E-state index contributed by atoms with van der Waals surface area (Å²) in [4.78, 5) is 21.5. The Morgan fingerprint density at radius 1 is 1.39 bits per heavy atom. The molecule has 1 aliphatic rings. The van der Waals surface area contributed by atoms with Crippen LogP contribution in [0.15, 0.2) is 30.6 Å². The Labute approximate surface area is 181 Å². The molecule has 11 heteroatoms. The van der Waals surface area contributed by atoms with Gasteiger partial charge in [-0.15, -0.1) is 0 Å². The zero-order valence-corrected chi connectivity index (χ0v) is 17.8. The summed E-state index contributed by atoms with van der Waals surface area (Å²) < 4.78 is 45.6. The summed E-state index contributed by atoms with van der Waals surface area (Å²) in [6, 6.07) is 2.96. The maximum Gasteiger partial charge on any atom is 0.416 e. The van der Waals surface area contributed by atoms with E-state index in [2.05, 4.69) is 9.97 Å². The second-order valence-corrected chi connectivity index (χ2v) is 8.21. The van der Waals surface area contributed by atoms with Crippen molar-refractivity contribution >= 4 is 23.5 Å². The number of nitrogens with two attached hydrogens (primary N) is 1. The molecule has 1 aromatic carbocycles. The molecule has 168 valence electrons. The van der Waals surface area contributed by atoms with E-state index in [0.717, 1.165) is 28.9 Å². The van der Waals surface area contributed by atoms with Crippen molar-refractivity contribution in [3.05, 3.63) is 47.5 Å². The number of aromatic nitrogens is 2. The molecule has 2 heterocycles. The Morgan fingerprint density at radius 3 is 2.61 bits per heavy atom. The molecule has 2 aromatic rings. The molecule has 1 aliphatic heterocycles. The van der Waals surface area contributed by atoms with Gasteiger partial charge in [0.25, 0.3) is 0 Å². The van der Waals surface area contributed by atoms with Crippen molar-refractivity contribution in [1.29, 1.82) is 0 Å². The lowest BCUT2D eigenvalue weighted by Gasteiger charge is -2.46. The molecule has 31 heavy (non-hydrogen) atoms. The van der Waals surface area contributed by atoms with Crippen LogP contribution in [0.25, 0.3) is 0 Å². The van der Waals surface area contributed by atoms with Crippen molar-refractivity contribution in [3.63, 3.8) is 0 Å². The first kappa shape index (κ1) is 23.1. The third-order valence-corrected chi connectivity index (χ3v) is 5.87. The van der Waals surface area contributed by atoms with Gasteiger partial charge in [-0.1, -0.05) is 6.92 Å². The van der Waals surface area contributed by atoms with Crippen molar-refractivity contribution in [1.82, 2.24) is 9.97 Å². The van der Waals surface area contributed by atoms with Crippen LogP contribution in [0.2, 0.25) is 0 Å². The molecular formula is C20H23F3N4O3S. The first-order valence-corrected chi connectivity index (χ1v) is 11.0. The van der Waals surface area contributed by atoms with E-state index in [1.54, 1.807) is 18.7 Å². The number of carbonyl (C=O) groups is 1. The number of thioether (sulfide) groups is 1. The molecule has 0 saturated heterocycles. The monoisotopic (exact) mass is 456 g/mol. The minimum Gasteiger partial charge on any atom is -0.489 e. The van der Waals surface area contributed by atoms with Gasteiger partial charge in [0, 0.05) is 11.7 Å². The largest absolute Gasteiger partial charge is 0.489 e. The van der Waals surface area contributed by atoms with E-state index < -0.39 is 29.4 Å². The predicted octanol–water partition coefficient (Wildman–Crippen LogP) is 4.32. The van der Waals surface area contributed by atoms with E-state index in [-0.39, 0.29) is 29.9 Å². The highest BCUT2D eigenvalue weighted by molar-refractivity contribution is 7.98. The third-order valence-electron chi connectivity index (χ3n) is 5.29. The predicted molar refractivity (Wildman–Crippen MR) is 112 cm³/mol. The number of hydrogen-bond acceptors (Lipinski definition) is 6. The zero-order chi connectivity index (χ0) is 22.8. The highest BCUT2D eigenvalue weighted by atomic mass is 32.2. The quantitative estimate of drug-likeness (QED) is 0.624. The number of halogens is 3. The van der Waals surface area contributed by atoms with Gasteiger partial charge in [0.15, 0.2) is 5.75 Å². The number of anilines is 1. The van der Waals surface area contributed by atoms with Crippen molar-refractivity contribution in [2.24, 2.45) is 5.73 Å².